The smallest absolute Gasteiger partial charge is 0.160 e. The summed E-state index contributed by atoms with van der Waals surface area (Å²) in [7, 11) is 0. The molecule has 0 amide bonds. The van der Waals surface area contributed by atoms with Crippen molar-refractivity contribution in [3.63, 3.8) is 0 Å². The van der Waals surface area contributed by atoms with Crippen LogP contribution in [0.2, 0.25) is 5.15 Å². The molecule has 2 aromatic heterocycles. The quantitative estimate of drug-likeness (QED) is 0.688. The van der Waals surface area contributed by atoms with Crippen molar-refractivity contribution < 1.29 is 13.2 Å². The molecule has 3 rings (SSSR count). The van der Waals surface area contributed by atoms with Gasteiger partial charge in [-0.2, -0.15) is 5.10 Å². The van der Waals surface area contributed by atoms with Crippen molar-refractivity contribution in [3.05, 3.63) is 65.0 Å². The summed E-state index contributed by atoms with van der Waals surface area (Å²) in [6.45, 7) is 1.63. The van der Waals surface area contributed by atoms with Gasteiger partial charge in [-0.3, -0.25) is 4.98 Å². The van der Waals surface area contributed by atoms with Crippen molar-refractivity contribution in [2.24, 2.45) is 0 Å². The summed E-state index contributed by atoms with van der Waals surface area (Å²) in [5, 5.41) is 7.42. The van der Waals surface area contributed by atoms with E-state index in [2.05, 4.69) is 15.2 Å². The van der Waals surface area contributed by atoms with E-state index in [9.17, 15) is 13.2 Å². The number of hydrogen-bond donors (Lipinski definition) is 0. The van der Waals surface area contributed by atoms with Gasteiger partial charge in [0.05, 0.1) is 11.3 Å². The highest BCUT2D eigenvalue weighted by atomic mass is 35.5. The summed E-state index contributed by atoms with van der Waals surface area (Å²) in [4.78, 5) is 3.99. The van der Waals surface area contributed by atoms with E-state index in [4.69, 9.17) is 11.6 Å². The number of rotatable bonds is 2. The van der Waals surface area contributed by atoms with Gasteiger partial charge in [-0.25, -0.2) is 13.2 Å². The molecule has 0 atom stereocenters. The molecule has 0 aliphatic rings. The van der Waals surface area contributed by atoms with Crippen molar-refractivity contribution in [2.45, 2.75) is 6.92 Å². The summed E-state index contributed by atoms with van der Waals surface area (Å²) in [5.41, 5.74) is 0.943. The first kappa shape index (κ1) is 15.4. The van der Waals surface area contributed by atoms with Gasteiger partial charge in [-0.05, 0) is 13.0 Å². The molecule has 0 aliphatic carbocycles. The maximum atomic E-state index is 14.2. The highest BCUT2D eigenvalue weighted by Crippen LogP contribution is 2.40. The molecule has 0 radical (unpaired) electrons. The van der Waals surface area contributed by atoms with Crippen LogP contribution in [0.3, 0.4) is 0 Å². The molecule has 0 unspecified atom stereocenters. The Bertz CT molecular complexity index is 862. The van der Waals surface area contributed by atoms with Crippen molar-refractivity contribution >= 4 is 11.6 Å². The first-order valence-corrected chi connectivity index (χ1v) is 6.95. The van der Waals surface area contributed by atoms with Crippen molar-refractivity contribution in [1.29, 1.82) is 0 Å². The fraction of sp³-hybridized carbons (Fsp3) is 0.0625. The van der Waals surface area contributed by atoms with E-state index in [1.54, 1.807) is 25.3 Å². The van der Waals surface area contributed by atoms with E-state index in [0.29, 0.717) is 29.0 Å². The number of hydrogen-bond acceptors (Lipinski definition) is 3. The minimum absolute atomic E-state index is 0.0159. The first-order chi connectivity index (χ1) is 11.0. The standard InChI is InChI=1S/C16H9ClF3N3/c1-8-13(9-3-2-4-21-7-9)15(16(17)23-22-8)14-11(19)5-10(18)6-12(14)20/h2-7H,1H3. The maximum absolute atomic E-state index is 14.2. The molecular weight excluding hydrogens is 327 g/mol. The zero-order valence-electron chi connectivity index (χ0n) is 11.8. The number of benzene rings is 1. The third-order valence-electron chi connectivity index (χ3n) is 3.31. The second-order valence-electron chi connectivity index (χ2n) is 4.81. The van der Waals surface area contributed by atoms with E-state index in [1.165, 1.54) is 6.20 Å². The van der Waals surface area contributed by atoms with Crippen molar-refractivity contribution in [1.82, 2.24) is 15.2 Å². The fourth-order valence-corrected chi connectivity index (χ4v) is 2.60. The number of aromatic nitrogens is 3. The SMILES string of the molecule is Cc1nnc(Cl)c(-c2c(F)cc(F)cc2F)c1-c1cccnc1. The summed E-state index contributed by atoms with van der Waals surface area (Å²) in [5.74, 6) is -3.15. The highest BCUT2D eigenvalue weighted by molar-refractivity contribution is 6.32. The van der Waals surface area contributed by atoms with Crippen LogP contribution in [0.4, 0.5) is 13.2 Å². The van der Waals surface area contributed by atoms with Crippen LogP contribution in [-0.4, -0.2) is 15.2 Å². The Kier molecular flexibility index (Phi) is 4.00. The molecule has 7 heteroatoms. The molecule has 0 saturated heterocycles. The molecule has 3 aromatic rings. The topological polar surface area (TPSA) is 38.7 Å². The predicted octanol–water partition coefficient (Wildman–Crippen LogP) is 4.58. The molecule has 23 heavy (non-hydrogen) atoms. The van der Waals surface area contributed by atoms with Gasteiger partial charge < -0.3 is 0 Å². The number of nitrogens with zero attached hydrogens (tertiary/aromatic N) is 3. The molecule has 2 heterocycles. The van der Waals surface area contributed by atoms with Crippen LogP contribution in [0.1, 0.15) is 5.69 Å². The van der Waals surface area contributed by atoms with Gasteiger partial charge in [0.2, 0.25) is 0 Å². The van der Waals surface area contributed by atoms with Gasteiger partial charge >= 0.3 is 0 Å². The summed E-state index contributed by atoms with van der Waals surface area (Å²) in [6, 6.07) is 4.56. The van der Waals surface area contributed by atoms with Gasteiger partial charge in [0.25, 0.3) is 0 Å². The molecule has 0 N–H and O–H groups in total. The Morgan fingerprint density at radius 1 is 0.957 bits per heavy atom. The Morgan fingerprint density at radius 3 is 2.26 bits per heavy atom. The van der Waals surface area contributed by atoms with Crippen LogP contribution >= 0.6 is 11.6 Å². The highest BCUT2D eigenvalue weighted by Gasteiger charge is 2.23. The van der Waals surface area contributed by atoms with Gasteiger partial charge in [0.1, 0.15) is 17.5 Å². The van der Waals surface area contributed by atoms with E-state index in [0.717, 1.165) is 0 Å². The lowest BCUT2D eigenvalue weighted by molar-refractivity contribution is 0.548. The summed E-state index contributed by atoms with van der Waals surface area (Å²) >= 11 is 6.05. The van der Waals surface area contributed by atoms with E-state index in [1.807, 2.05) is 0 Å². The molecular formula is C16H9ClF3N3. The van der Waals surface area contributed by atoms with E-state index in [-0.39, 0.29) is 10.7 Å². The molecule has 0 spiro atoms. The van der Waals surface area contributed by atoms with Crippen LogP contribution in [0.15, 0.2) is 36.7 Å². The Morgan fingerprint density at radius 2 is 1.65 bits per heavy atom. The lowest BCUT2D eigenvalue weighted by atomic mass is 9.95. The third-order valence-corrected chi connectivity index (χ3v) is 3.58. The van der Waals surface area contributed by atoms with Crippen molar-refractivity contribution in [2.75, 3.05) is 0 Å². The predicted molar refractivity (Wildman–Crippen MR) is 80.3 cm³/mol. The molecule has 0 fully saturated rings. The van der Waals surface area contributed by atoms with Gasteiger partial charge in [0.15, 0.2) is 5.15 Å². The van der Waals surface area contributed by atoms with Crippen molar-refractivity contribution in [3.8, 4) is 22.3 Å². The Balaban J connectivity index is 2.40. The normalized spacial score (nSPS) is 10.8. The van der Waals surface area contributed by atoms with E-state index >= 15 is 0 Å². The fourth-order valence-electron chi connectivity index (χ4n) is 2.38. The summed E-state index contributed by atoms with van der Waals surface area (Å²) in [6.07, 6.45) is 3.08. The second-order valence-corrected chi connectivity index (χ2v) is 5.17. The van der Waals surface area contributed by atoms with E-state index < -0.39 is 23.0 Å². The summed E-state index contributed by atoms with van der Waals surface area (Å²) < 4.78 is 41.6. The average Bonchev–Trinajstić information content (AvgIpc) is 2.50. The van der Waals surface area contributed by atoms with Gasteiger partial charge in [0, 0.05) is 41.2 Å². The second kappa shape index (κ2) is 5.96. The van der Waals surface area contributed by atoms with Crippen LogP contribution in [0.5, 0.6) is 0 Å². The molecule has 0 saturated carbocycles. The molecule has 0 aliphatic heterocycles. The minimum Gasteiger partial charge on any atom is -0.264 e. The maximum Gasteiger partial charge on any atom is 0.160 e. The lowest BCUT2D eigenvalue weighted by Gasteiger charge is -2.14. The number of pyridine rings is 1. The Labute approximate surface area is 134 Å². The number of halogens is 4. The largest absolute Gasteiger partial charge is 0.264 e. The molecule has 0 bridgehead atoms. The van der Waals surface area contributed by atoms with Crippen LogP contribution in [-0.2, 0) is 0 Å². The van der Waals surface area contributed by atoms with Gasteiger partial charge in [-0.1, -0.05) is 17.7 Å². The zero-order valence-corrected chi connectivity index (χ0v) is 12.6. The lowest BCUT2D eigenvalue weighted by Crippen LogP contribution is -2.01. The Hall–Kier alpha value is -2.47. The van der Waals surface area contributed by atoms with Crippen LogP contribution in [0.25, 0.3) is 22.3 Å². The third kappa shape index (κ3) is 2.77. The van der Waals surface area contributed by atoms with Crippen LogP contribution in [0, 0.1) is 24.4 Å². The molecule has 1 aromatic carbocycles. The average molecular weight is 336 g/mol. The van der Waals surface area contributed by atoms with Crippen LogP contribution < -0.4 is 0 Å². The molecule has 116 valence electrons. The minimum atomic E-state index is -1.07. The molecule has 3 nitrogen and oxygen atoms in total. The number of aryl methyl sites for hydroxylation is 1. The van der Waals surface area contributed by atoms with Gasteiger partial charge in [-0.15, -0.1) is 5.10 Å². The monoisotopic (exact) mass is 335 g/mol. The zero-order chi connectivity index (χ0) is 16.6. The first-order valence-electron chi connectivity index (χ1n) is 6.57.